The van der Waals surface area contributed by atoms with E-state index in [2.05, 4.69) is 0 Å². The molecule has 4 unspecified atom stereocenters. The molecule has 0 amide bonds. The van der Waals surface area contributed by atoms with E-state index in [1.54, 1.807) is 7.11 Å². The Morgan fingerprint density at radius 3 is 2.52 bits per heavy atom. The summed E-state index contributed by atoms with van der Waals surface area (Å²) in [4.78, 5) is 0. The monoisotopic (exact) mass is 289 g/mol. The lowest BCUT2D eigenvalue weighted by Crippen LogP contribution is -2.55. The number of hydrogen-bond acceptors (Lipinski definition) is 3. The highest BCUT2D eigenvalue weighted by atomic mass is 16.5. The molecule has 21 heavy (non-hydrogen) atoms. The number of hydrogen-bond donors (Lipinski definition) is 2. The van der Waals surface area contributed by atoms with Crippen LogP contribution in [0, 0.1) is 17.3 Å². The lowest BCUT2D eigenvalue weighted by atomic mass is 9.61. The fourth-order valence-corrected chi connectivity index (χ4v) is 4.89. The normalized spacial score (nSPS) is 33.9. The maximum absolute atomic E-state index is 11.3. The average molecular weight is 289 g/mol. The van der Waals surface area contributed by atoms with Crippen molar-refractivity contribution in [3.63, 3.8) is 0 Å². The number of nitrogens with two attached hydrogens (primary N) is 1. The molecule has 0 saturated heterocycles. The van der Waals surface area contributed by atoms with Crippen LogP contribution in [0.1, 0.15) is 38.2 Å². The van der Waals surface area contributed by atoms with Gasteiger partial charge in [0, 0.05) is 18.4 Å². The van der Waals surface area contributed by atoms with Crippen LogP contribution in [0.2, 0.25) is 0 Å². The Kier molecular flexibility index (Phi) is 3.74. The molecule has 4 atom stereocenters. The Balaban J connectivity index is 1.81. The minimum Gasteiger partial charge on any atom is -0.497 e. The van der Waals surface area contributed by atoms with Crippen molar-refractivity contribution in [1.82, 2.24) is 0 Å². The molecule has 3 N–H and O–H groups in total. The molecule has 2 aliphatic rings. The summed E-state index contributed by atoms with van der Waals surface area (Å²) >= 11 is 0. The molecule has 2 saturated carbocycles. The van der Waals surface area contributed by atoms with Crippen molar-refractivity contribution >= 4 is 0 Å². The number of fused-ring (bicyclic) bond motifs is 2. The van der Waals surface area contributed by atoms with E-state index in [0.717, 1.165) is 23.7 Å². The summed E-state index contributed by atoms with van der Waals surface area (Å²) in [7, 11) is 1.67. The molecular formula is C18H27NO2. The SMILES string of the molecule is COc1ccc(CC(C)(O)C2(CN)CC3CCC2C3)cc1. The van der Waals surface area contributed by atoms with E-state index >= 15 is 0 Å². The van der Waals surface area contributed by atoms with Gasteiger partial charge in [-0.2, -0.15) is 0 Å². The van der Waals surface area contributed by atoms with Crippen LogP contribution in [-0.2, 0) is 6.42 Å². The highest BCUT2D eigenvalue weighted by Gasteiger charge is 2.58. The molecule has 3 heteroatoms. The van der Waals surface area contributed by atoms with Crippen LogP contribution >= 0.6 is 0 Å². The lowest BCUT2D eigenvalue weighted by Gasteiger charge is -2.48. The van der Waals surface area contributed by atoms with E-state index in [4.69, 9.17) is 10.5 Å². The van der Waals surface area contributed by atoms with Crippen molar-refractivity contribution in [2.45, 2.75) is 44.6 Å². The van der Waals surface area contributed by atoms with E-state index in [0.29, 0.717) is 18.9 Å². The van der Waals surface area contributed by atoms with E-state index < -0.39 is 5.60 Å². The molecule has 0 aromatic heterocycles. The zero-order valence-electron chi connectivity index (χ0n) is 13.1. The van der Waals surface area contributed by atoms with Crippen LogP contribution in [0.4, 0.5) is 0 Å². The third kappa shape index (κ3) is 2.36. The maximum atomic E-state index is 11.3. The van der Waals surface area contributed by atoms with Gasteiger partial charge in [-0.15, -0.1) is 0 Å². The number of benzene rings is 1. The maximum Gasteiger partial charge on any atom is 0.118 e. The summed E-state index contributed by atoms with van der Waals surface area (Å²) in [6.45, 7) is 2.59. The fraction of sp³-hybridized carbons (Fsp3) is 0.667. The second-order valence-electron chi connectivity index (χ2n) is 7.24. The Morgan fingerprint density at radius 1 is 1.33 bits per heavy atom. The van der Waals surface area contributed by atoms with Gasteiger partial charge in [0.2, 0.25) is 0 Å². The molecule has 2 fully saturated rings. The Hall–Kier alpha value is -1.06. The Labute approximate surface area is 127 Å². The molecule has 0 radical (unpaired) electrons. The van der Waals surface area contributed by atoms with Gasteiger partial charge in [0.25, 0.3) is 0 Å². The molecule has 1 aromatic rings. The van der Waals surface area contributed by atoms with Crippen molar-refractivity contribution in [2.75, 3.05) is 13.7 Å². The molecule has 2 aliphatic carbocycles. The van der Waals surface area contributed by atoms with Crippen LogP contribution < -0.4 is 10.5 Å². The first-order chi connectivity index (χ1) is 10.0. The standard InChI is InChI=1S/C18H27NO2/c1-17(20,10-13-4-7-16(21-2)8-5-13)18(12-19)11-14-3-6-15(18)9-14/h4-5,7-8,14-15,20H,3,6,9-12,19H2,1-2H3. The van der Waals surface area contributed by atoms with Gasteiger partial charge in [0.15, 0.2) is 0 Å². The Bertz CT molecular complexity index is 496. The fourth-order valence-electron chi connectivity index (χ4n) is 4.89. The van der Waals surface area contributed by atoms with E-state index in [1.165, 1.54) is 19.3 Å². The summed E-state index contributed by atoms with van der Waals surface area (Å²) in [5.41, 5.74) is 6.47. The molecule has 1 aromatic carbocycles. The first-order valence-corrected chi connectivity index (χ1v) is 8.06. The van der Waals surface area contributed by atoms with E-state index in [-0.39, 0.29) is 5.41 Å². The van der Waals surface area contributed by atoms with Crippen molar-refractivity contribution < 1.29 is 9.84 Å². The Morgan fingerprint density at radius 2 is 2.05 bits per heavy atom. The summed E-state index contributed by atoms with van der Waals surface area (Å²) in [5.74, 6) is 2.23. The smallest absolute Gasteiger partial charge is 0.118 e. The van der Waals surface area contributed by atoms with Gasteiger partial charge in [0.05, 0.1) is 12.7 Å². The van der Waals surface area contributed by atoms with Gasteiger partial charge in [-0.25, -0.2) is 0 Å². The third-order valence-electron chi connectivity index (χ3n) is 6.12. The molecule has 3 rings (SSSR count). The zero-order valence-corrected chi connectivity index (χ0v) is 13.1. The highest BCUT2D eigenvalue weighted by molar-refractivity contribution is 5.29. The van der Waals surface area contributed by atoms with Crippen LogP contribution in [0.25, 0.3) is 0 Å². The van der Waals surface area contributed by atoms with E-state index in [1.807, 2.05) is 31.2 Å². The number of aliphatic hydroxyl groups is 1. The number of rotatable bonds is 5. The molecule has 3 nitrogen and oxygen atoms in total. The molecule has 0 heterocycles. The van der Waals surface area contributed by atoms with Crippen LogP contribution in [0.5, 0.6) is 5.75 Å². The summed E-state index contributed by atoms with van der Waals surface area (Å²) in [6.07, 6.45) is 5.58. The largest absolute Gasteiger partial charge is 0.497 e. The molecule has 0 aliphatic heterocycles. The average Bonchev–Trinajstić information content (AvgIpc) is 3.08. The summed E-state index contributed by atoms with van der Waals surface area (Å²) < 4.78 is 5.20. The van der Waals surface area contributed by atoms with Gasteiger partial charge in [-0.1, -0.05) is 18.6 Å². The third-order valence-corrected chi connectivity index (χ3v) is 6.12. The topological polar surface area (TPSA) is 55.5 Å². The molecular weight excluding hydrogens is 262 g/mol. The number of ether oxygens (including phenoxy) is 1. The minimum absolute atomic E-state index is 0.101. The summed E-state index contributed by atoms with van der Waals surface area (Å²) in [5, 5.41) is 11.3. The van der Waals surface area contributed by atoms with Crippen LogP contribution in [-0.4, -0.2) is 24.4 Å². The van der Waals surface area contributed by atoms with Gasteiger partial charge in [-0.05, 0) is 55.7 Å². The van der Waals surface area contributed by atoms with Gasteiger partial charge >= 0.3 is 0 Å². The predicted molar refractivity (Wildman–Crippen MR) is 84.3 cm³/mol. The molecule has 2 bridgehead atoms. The highest BCUT2D eigenvalue weighted by Crippen LogP contribution is 2.60. The molecule has 116 valence electrons. The second-order valence-corrected chi connectivity index (χ2v) is 7.24. The van der Waals surface area contributed by atoms with Crippen molar-refractivity contribution in [3.05, 3.63) is 29.8 Å². The van der Waals surface area contributed by atoms with Crippen molar-refractivity contribution in [1.29, 1.82) is 0 Å². The summed E-state index contributed by atoms with van der Waals surface area (Å²) in [6, 6.07) is 8.01. The predicted octanol–water partition coefficient (Wildman–Crippen LogP) is 2.75. The van der Waals surface area contributed by atoms with Crippen LogP contribution in [0.3, 0.4) is 0 Å². The first kappa shape index (κ1) is 14.9. The first-order valence-electron chi connectivity index (χ1n) is 8.06. The minimum atomic E-state index is -0.740. The van der Waals surface area contributed by atoms with Gasteiger partial charge < -0.3 is 15.6 Å². The van der Waals surface area contributed by atoms with Crippen molar-refractivity contribution in [3.8, 4) is 5.75 Å². The molecule has 0 spiro atoms. The lowest BCUT2D eigenvalue weighted by molar-refractivity contribution is -0.0956. The van der Waals surface area contributed by atoms with Crippen LogP contribution in [0.15, 0.2) is 24.3 Å². The van der Waals surface area contributed by atoms with E-state index in [9.17, 15) is 5.11 Å². The zero-order chi connectivity index (χ0) is 15.1. The van der Waals surface area contributed by atoms with Gasteiger partial charge in [-0.3, -0.25) is 0 Å². The quantitative estimate of drug-likeness (QED) is 0.876. The van der Waals surface area contributed by atoms with Crippen molar-refractivity contribution in [2.24, 2.45) is 23.0 Å². The second kappa shape index (κ2) is 5.29. The van der Waals surface area contributed by atoms with Gasteiger partial charge in [0.1, 0.15) is 5.75 Å². The number of methoxy groups -OCH3 is 1.